The molecule has 0 aromatic carbocycles. The molecule has 0 unspecified atom stereocenters. The van der Waals surface area contributed by atoms with E-state index < -0.39 is 0 Å². The third kappa shape index (κ3) is 3.30. The van der Waals surface area contributed by atoms with Gasteiger partial charge in [-0.2, -0.15) is 0 Å². The van der Waals surface area contributed by atoms with Crippen LogP contribution in [0.2, 0.25) is 0 Å². The molecule has 1 heterocycles. The van der Waals surface area contributed by atoms with E-state index in [0.29, 0.717) is 0 Å². The summed E-state index contributed by atoms with van der Waals surface area (Å²) in [5.41, 5.74) is 1.48. The van der Waals surface area contributed by atoms with Crippen LogP contribution in [0.5, 0.6) is 0 Å². The molecule has 2 rings (SSSR count). The monoisotopic (exact) mass is 224 g/mol. The summed E-state index contributed by atoms with van der Waals surface area (Å²) in [4.78, 5) is 5.18. The Hall–Kier alpha value is -0.380. The highest BCUT2D eigenvalue weighted by molar-refractivity contribution is 7.12. The molecule has 0 radical (unpaired) electrons. The molecule has 0 saturated heterocycles. The Morgan fingerprint density at radius 3 is 2.80 bits per heavy atom. The highest BCUT2D eigenvalue weighted by atomic mass is 32.1. The summed E-state index contributed by atoms with van der Waals surface area (Å²) in [6.07, 6.45) is 2.74. The lowest BCUT2D eigenvalue weighted by Gasteiger charge is -2.08. The minimum atomic E-state index is 0.810. The normalized spacial score (nSPS) is 16.3. The van der Waals surface area contributed by atoms with E-state index in [4.69, 9.17) is 0 Å². The van der Waals surface area contributed by atoms with Gasteiger partial charge in [0.15, 0.2) is 0 Å². The lowest BCUT2D eigenvalue weighted by atomic mass is 10.2. The molecule has 1 saturated carbocycles. The van der Waals surface area contributed by atoms with Crippen LogP contribution in [0.15, 0.2) is 6.07 Å². The highest BCUT2D eigenvalue weighted by Gasteiger charge is 2.20. The van der Waals surface area contributed by atoms with Crippen molar-refractivity contribution < 1.29 is 0 Å². The zero-order valence-corrected chi connectivity index (χ0v) is 10.7. The van der Waals surface area contributed by atoms with E-state index in [9.17, 15) is 0 Å². The highest BCUT2D eigenvalue weighted by Crippen LogP contribution is 2.24. The van der Waals surface area contributed by atoms with Crippen molar-refractivity contribution in [2.45, 2.75) is 38.9 Å². The van der Waals surface area contributed by atoms with E-state index in [-0.39, 0.29) is 0 Å². The molecule has 0 amide bonds. The summed E-state index contributed by atoms with van der Waals surface area (Å²) in [7, 11) is 4.25. The molecule has 1 aromatic heterocycles. The first-order valence-electron chi connectivity index (χ1n) is 5.61. The molecule has 0 atom stereocenters. The Morgan fingerprint density at radius 1 is 1.47 bits per heavy atom. The quantitative estimate of drug-likeness (QED) is 0.826. The maximum absolute atomic E-state index is 3.56. The van der Waals surface area contributed by atoms with Gasteiger partial charge in [0, 0.05) is 28.9 Å². The number of aryl methyl sites for hydroxylation is 1. The number of nitrogens with one attached hydrogen (secondary N) is 1. The standard InChI is InChI=1S/C12H20N2S/c1-9-10(8-14(2)3)6-12(15-9)7-13-11-4-5-11/h6,11,13H,4-5,7-8H2,1-3H3. The van der Waals surface area contributed by atoms with Gasteiger partial charge >= 0.3 is 0 Å². The molecule has 15 heavy (non-hydrogen) atoms. The summed E-state index contributed by atoms with van der Waals surface area (Å²) in [6, 6.07) is 3.17. The van der Waals surface area contributed by atoms with E-state index in [0.717, 1.165) is 19.1 Å². The van der Waals surface area contributed by atoms with Gasteiger partial charge in [0.2, 0.25) is 0 Å². The van der Waals surface area contributed by atoms with E-state index in [1.54, 1.807) is 0 Å². The second-order valence-corrected chi connectivity index (χ2v) is 6.03. The van der Waals surface area contributed by atoms with Gasteiger partial charge in [0.25, 0.3) is 0 Å². The molecule has 3 heteroatoms. The summed E-state index contributed by atoms with van der Waals surface area (Å²) < 4.78 is 0. The van der Waals surface area contributed by atoms with Crippen LogP contribution in [0.3, 0.4) is 0 Å². The average molecular weight is 224 g/mol. The zero-order chi connectivity index (χ0) is 10.8. The fraction of sp³-hybridized carbons (Fsp3) is 0.667. The van der Waals surface area contributed by atoms with E-state index in [2.05, 4.69) is 37.3 Å². The van der Waals surface area contributed by atoms with Crippen molar-refractivity contribution in [3.05, 3.63) is 21.4 Å². The first kappa shape index (κ1) is 11.1. The molecular formula is C12H20N2S. The fourth-order valence-electron chi connectivity index (χ4n) is 1.70. The van der Waals surface area contributed by atoms with Crippen molar-refractivity contribution in [1.29, 1.82) is 0 Å². The van der Waals surface area contributed by atoms with Gasteiger partial charge in [0.05, 0.1) is 0 Å². The van der Waals surface area contributed by atoms with E-state index >= 15 is 0 Å². The minimum Gasteiger partial charge on any atom is -0.309 e. The van der Waals surface area contributed by atoms with Crippen LogP contribution < -0.4 is 5.32 Å². The van der Waals surface area contributed by atoms with E-state index in [1.807, 2.05) is 11.3 Å². The van der Waals surface area contributed by atoms with Crippen LogP contribution >= 0.6 is 11.3 Å². The van der Waals surface area contributed by atoms with Gasteiger partial charge in [-0.15, -0.1) is 11.3 Å². The lowest BCUT2D eigenvalue weighted by Crippen LogP contribution is -2.14. The van der Waals surface area contributed by atoms with Gasteiger partial charge in [0.1, 0.15) is 0 Å². The molecule has 1 N–H and O–H groups in total. The second-order valence-electron chi connectivity index (χ2n) is 4.69. The average Bonchev–Trinajstić information content (AvgIpc) is 2.90. The maximum Gasteiger partial charge on any atom is 0.0302 e. The van der Waals surface area contributed by atoms with Crippen molar-refractivity contribution >= 4 is 11.3 Å². The molecule has 0 spiro atoms. The summed E-state index contributed by atoms with van der Waals surface area (Å²) >= 11 is 1.94. The summed E-state index contributed by atoms with van der Waals surface area (Å²) in [5, 5.41) is 3.56. The van der Waals surface area contributed by atoms with Crippen molar-refractivity contribution in [3.8, 4) is 0 Å². The van der Waals surface area contributed by atoms with E-state index in [1.165, 1.54) is 28.2 Å². The molecule has 1 aliphatic carbocycles. The maximum atomic E-state index is 3.56. The van der Waals surface area contributed by atoms with Gasteiger partial charge in [-0.05, 0) is 45.5 Å². The van der Waals surface area contributed by atoms with Crippen LogP contribution in [0.25, 0.3) is 0 Å². The van der Waals surface area contributed by atoms with Crippen LogP contribution in [-0.2, 0) is 13.1 Å². The second kappa shape index (κ2) is 4.64. The third-order valence-electron chi connectivity index (χ3n) is 2.70. The topological polar surface area (TPSA) is 15.3 Å². The molecule has 0 bridgehead atoms. The predicted molar refractivity (Wildman–Crippen MR) is 66.3 cm³/mol. The fourth-order valence-corrected chi connectivity index (χ4v) is 2.71. The molecular weight excluding hydrogens is 204 g/mol. The number of nitrogens with zero attached hydrogens (tertiary/aromatic N) is 1. The Balaban J connectivity index is 1.93. The Morgan fingerprint density at radius 2 is 2.20 bits per heavy atom. The van der Waals surface area contributed by atoms with Crippen LogP contribution in [0, 0.1) is 6.92 Å². The van der Waals surface area contributed by atoms with Crippen molar-refractivity contribution in [1.82, 2.24) is 10.2 Å². The van der Waals surface area contributed by atoms with Gasteiger partial charge < -0.3 is 10.2 Å². The number of hydrogen-bond donors (Lipinski definition) is 1. The number of hydrogen-bond acceptors (Lipinski definition) is 3. The Kier molecular flexibility index (Phi) is 3.44. The van der Waals surface area contributed by atoms with Gasteiger partial charge in [-0.25, -0.2) is 0 Å². The van der Waals surface area contributed by atoms with Crippen LogP contribution in [-0.4, -0.2) is 25.0 Å². The van der Waals surface area contributed by atoms with Gasteiger partial charge in [-0.1, -0.05) is 0 Å². The minimum absolute atomic E-state index is 0.810. The Labute approximate surface area is 96.3 Å². The summed E-state index contributed by atoms with van der Waals surface area (Å²) in [5.74, 6) is 0. The largest absolute Gasteiger partial charge is 0.309 e. The molecule has 1 aromatic rings. The SMILES string of the molecule is Cc1sc(CNC2CC2)cc1CN(C)C. The molecule has 1 aliphatic rings. The number of rotatable bonds is 5. The zero-order valence-electron chi connectivity index (χ0n) is 9.84. The van der Waals surface area contributed by atoms with Crippen LogP contribution in [0.4, 0.5) is 0 Å². The van der Waals surface area contributed by atoms with Crippen molar-refractivity contribution in [2.24, 2.45) is 0 Å². The molecule has 1 fully saturated rings. The molecule has 84 valence electrons. The first-order chi connectivity index (χ1) is 7.15. The van der Waals surface area contributed by atoms with Gasteiger partial charge in [-0.3, -0.25) is 0 Å². The molecule has 0 aliphatic heterocycles. The summed E-state index contributed by atoms with van der Waals surface area (Å²) in [6.45, 7) is 4.35. The number of thiophene rings is 1. The lowest BCUT2D eigenvalue weighted by molar-refractivity contribution is 0.402. The van der Waals surface area contributed by atoms with Crippen LogP contribution in [0.1, 0.15) is 28.2 Å². The first-order valence-corrected chi connectivity index (χ1v) is 6.43. The Bertz CT molecular complexity index is 326. The molecule has 2 nitrogen and oxygen atoms in total. The third-order valence-corrected chi connectivity index (χ3v) is 3.79. The van der Waals surface area contributed by atoms with Crippen molar-refractivity contribution in [2.75, 3.05) is 14.1 Å². The predicted octanol–water partition coefficient (Wildman–Crippen LogP) is 2.37. The van der Waals surface area contributed by atoms with Crippen molar-refractivity contribution in [3.63, 3.8) is 0 Å². The smallest absolute Gasteiger partial charge is 0.0302 e.